The zero-order valence-electron chi connectivity index (χ0n) is 10.7. The number of benzene rings is 1. The van der Waals surface area contributed by atoms with Crippen molar-refractivity contribution in [3.8, 4) is 17.0 Å². The minimum Gasteiger partial charge on any atom is -0.493 e. The van der Waals surface area contributed by atoms with E-state index in [1.54, 1.807) is 0 Å². The predicted octanol–water partition coefficient (Wildman–Crippen LogP) is 2.30. The molecule has 1 aliphatic rings. The minimum atomic E-state index is 0.552. The van der Waals surface area contributed by atoms with E-state index in [0.29, 0.717) is 5.95 Å². The number of nitrogens with zero attached hydrogens (tertiary/aromatic N) is 2. The van der Waals surface area contributed by atoms with E-state index >= 15 is 0 Å². The van der Waals surface area contributed by atoms with Gasteiger partial charge >= 0.3 is 0 Å². The van der Waals surface area contributed by atoms with Crippen molar-refractivity contribution >= 4 is 5.95 Å². The molecule has 0 atom stereocenters. The number of imidazole rings is 1. The molecule has 1 aromatic heterocycles. The van der Waals surface area contributed by atoms with Gasteiger partial charge in [0.05, 0.1) is 12.3 Å². The highest BCUT2D eigenvalue weighted by Crippen LogP contribution is 2.31. The van der Waals surface area contributed by atoms with Gasteiger partial charge in [-0.3, -0.25) is 0 Å². The summed E-state index contributed by atoms with van der Waals surface area (Å²) in [6, 6.07) is 6.26. The Morgan fingerprint density at radius 3 is 2.94 bits per heavy atom. The van der Waals surface area contributed by atoms with Gasteiger partial charge in [-0.1, -0.05) is 0 Å². The number of nitrogen functional groups attached to an aromatic ring is 1. The molecule has 0 radical (unpaired) electrons. The van der Waals surface area contributed by atoms with Gasteiger partial charge in [0.1, 0.15) is 5.75 Å². The second-order valence-electron chi connectivity index (χ2n) is 4.74. The molecule has 94 valence electrons. The van der Waals surface area contributed by atoms with Crippen LogP contribution in [0.15, 0.2) is 18.2 Å². The molecule has 0 saturated carbocycles. The summed E-state index contributed by atoms with van der Waals surface area (Å²) in [5.41, 5.74) is 10.3. The first-order valence-corrected chi connectivity index (χ1v) is 6.21. The van der Waals surface area contributed by atoms with Crippen LogP contribution in [0.5, 0.6) is 5.75 Å². The Bertz CT molecular complexity index is 601. The number of hydrogen-bond donors (Lipinski definition) is 1. The molecular formula is C14H17N3O. The van der Waals surface area contributed by atoms with Crippen LogP contribution in [-0.4, -0.2) is 16.2 Å². The van der Waals surface area contributed by atoms with E-state index in [9.17, 15) is 0 Å². The van der Waals surface area contributed by atoms with Crippen LogP contribution in [0.3, 0.4) is 0 Å². The van der Waals surface area contributed by atoms with E-state index in [0.717, 1.165) is 42.1 Å². The lowest BCUT2D eigenvalue weighted by Gasteiger charge is -2.17. The molecule has 4 nitrogen and oxygen atoms in total. The molecule has 0 amide bonds. The Kier molecular flexibility index (Phi) is 2.51. The maximum absolute atomic E-state index is 5.84. The molecule has 4 heteroatoms. The largest absolute Gasteiger partial charge is 0.493 e. The molecule has 0 saturated heterocycles. The highest BCUT2D eigenvalue weighted by atomic mass is 16.5. The third-order valence-corrected chi connectivity index (χ3v) is 3.60. The molecule has 2 aromatic rings. The monoisotopic (exact) mass is 243 g/mol. The fraction of sp³-hybridized carbons (Fsp3) is 0.357. The fourth-order valence-electron chi connectivity index (χ4n) is 2.38. The van der Waals surface area contributed by atoms with Crippen LogP contribution in [0, 0.1) is 6.92 Å². The molecule has 0 aliphatic carbocycles. The number of hydrogen-bond acceptors (Lipinski definition) is 3. The van der Waals surface area contributed by atoms with Crippen molar-refractivity contribution in [3.05, 3.63) is 29.5 Å². The van der Waals surface area contributed by atoms with Crippen LogP contribution < -0.4 is 10.5 Å². The van der Waals surface area contributed by atoms with Crippen molar-refractivity contribution in [2.24, 2.45) is 7.05 Å². The zero-order valence-corrected chi connectivity index (χ0v) is 10.7. The number of rotatable bonds is 1. The van der Waals surface area contributed by atoms with Crippen LogP contribution in [0.25, 0.3) is 11.3 Å². The van der Waals surface area contributed by atoms with E-state index in [1.165, 1.54) is 5.56 Å². The fourth-order valence-corrected chi connectivity index (χ4v) is 2.38. The lowest BCUT2D eigenvalue weighted by atomic mass is 10.0. The maximum Gasteiger partial charge on any atom is 0.200 e. The second-order valence-corrected chi connectivity index (χ2v) is 4.74. The van der Waals surface area contributed by atoms with E-state index in [1.807, 2.05) is 24.6 Å². The number of anilines is 1. The number of nitrogens with two attached hydrogens (primary N) is 1. The van der Waals surface area contributed by atoms with Gasteiger partial charge in [0.15, 0.2) is 0 Å². The predicted molar refractivity (Wildman–Crippen MR) is 71.6 cm³/mol. The normalized spacial score (nSPS) is 14.1. The van der Waals surface area contributed by atoms with Crippen molar-refractivity contribution in [2.45, 2.75) is 19.8 Å². The van der Waals surface area contributed by atoms with Gasteiger partial charge in [-0.25, -0.2) is 4.98 Å². The SMILES string of the molecule is Cc1c(-c2ccc3c(c2)CCCO3)nc(N)n1C. The Hall–Kier alpha value is -1.97. The third-order valence-electron chi connectivity index (χ3n) is 3.60. The quantitative estimate of drug-likeness (QED) is 0.836. The molecule has 0 bridgehead atoms. The Morgan fingerprint density at radius 2 is 2.22 bits per heavy atom. The molecular weight excluding hydrogens is 226 g/mol. The van der Waals surface area contributed by atoms with Gasteiger partial charge in [-0.2, -0.15) is 0 Å². The van der Waals surface area contributed by atoms with Crippen LogP contribution >= 0.6 is 0 Å². The van der Waals surface area contributed by atoms with Gasteiger partial charge in [-0.15, -0.1) is 0 Å². The molecule has 0 fully saturated rings. The zero-order chi connectivity index (χ0) is 12.7. The van der Waals surface area contributed by atoms with E-state index < -0.39 is 0 Å². The van der Waals surface area contributed by atoms with E-state index in [-0.39, 0.29) is 0 Å². The summed E-state index contributed by atoms with van der Waals surface area (Å²) in [6.45, 7) is 2.86. The molecule has 1 aliphatic heterocycles. The topological polar surface area (TPSA) is 53.1 Å². The summed E-state index contributed by atoms with van der Waals surface area (Å²) < 4.78 is 7.53. The van der Waals surface area contributed by atoms with Crippen molar-refractivity contribution in [1.29, 1.82) is 0 Å². The van der Waals surface area contributed by atoms with Gasteiger partial charge in [0.2, 0.25) is 5.95 Å². The average Bonchev–Trinajstić information content (AvgIpc) is 2.66. The number of ether oxygens (including phenoxy) is 1. The van der Waals surface area contributed by atoms with E-state index in [4.69, 9.17) is 10.5 Å². The van der Waals surface area contributed by atoms with Gasteiger partial charge in [0.25, 0.3) is 0 Å². The standard InChI is InChI=1S/C14H17N3O/c1-9-13(16-14(15)17(9)2)11-5-6-12-10(8-11)4-3-7-18-12/h5-6,8H,3-4,7H2,1-2H3,(H2,15,16). The lowest BCUT2D eigenvalue weighted by molar-refractivity contribution is 0.288. The first-order chi connectivity index (χ1) is 8.66. The number of fused-ring (bicyclic) bond motifs is 1. The first-order valence-electron chi connectivity index (χ1n) is 6.21. The van der Waals surface area contributed by atoms with Crippen LogP contribution in [0.4, 0.5) is 5.95 Å². The number of aromatic nitrogens is 2. The molecule has 18 heavy (non-hydrogen) atoms. The summed E-state index contributed by atoms with van der Waals surface area (Å²) in [7, 11) is 1.93. The van der Waals surface area contributed by atoms with Crippen LogP contribution in [0.2, 0.25) is 0 Å². The second kappa shape index (κ2) is 4.05. The van der Waals surface area contributed by atoms with Crippen LogP contribution in [-0.2, 0) is 13.5 Å². The smallest absolute Gasteiger partial charge is 0.200 e. The Morgan fingerprint density at radius 1 is 1.39 bits per heavy atom. The van der Waals surface area contributed by atoms with Crippen molar-refractivity contribution < 1.29 is 4.74 Å². The van der Waals surface area contributed by atoms with Crippen molar-refractivity contribution in [2.75, 3.05) is 12.3 Å². The maximum atomic E-state index is 5.84. The van der Waals surface area contributed by atoms with Gasteiger partial charge in [0, 0.05) is 18.3 Å². The molecule has 2 heterocycles. The molecule has 0 unspecified atom stereocenters. The highest BCUT2D eigenvalue weighted by Gasteiger charge is 2.15. The number of aryl methyl sites for hydroxylation is 1. The van der Waals surface area contributed by atoms with E-state index in [2.05, 4.69) is 17.1 Å². The summed E-state index contributed by atoms with van der Waals surface area (Å²) in [5.74, 6) is 1.56. The summed E-state index contributed by atoms with van der Waals surface area (Å²) in [4.78, 5) is 4.43. The van der Waals surface area contributed by atoms with Crippen molar-refractivity contribution in [3.63, 3.8) is 0 Å². The van der Waals surface area contributed by atoms with Crippen LogP contribution in [0.1, 0.15) is 17.7 Å². The van der Waals surface area contributed by atoms with Gasteiger partial charge < -0.3 is 15.0 Å². The molecule has 3 rings (SSSR count). The summed E-state index contributed by atoms with van der Waals surface area (Å²) in [5, 5.41) is 0. The third kappa shape index (κ3) is 1.65. The highest BCUT2D eigenvalue weighted by molar-refractivity contribution is 5.66. The van der Waals surface area contributed by atoms with Gasteiger partial charge in [-0.05, 0) is 43.5 Å². The summed E-state index contributed by atoms with van der Waals surface area (Å²) >= 11 is 0. The lowest BCUT2D eigenvalue weighted by Crippen LogP contribution is -2.08. The van der Waals surface area contributed by atoms with Crippen molar-refractivity contribution in [1.82, 2.24) is 9.55 Å². The molecule has 2 N–H and O–H groups in total. The Balaban J connectivity index is 2.09. The Labute approximate surface area is 106 Å². The minimum absolute atomic E-state index is 0.552. The average molecular weight is 243 g/mol. The summed E-state index contributed by atoms with van der Waals surface area (Å²) in [6.07, 6.45) is 2.16. The molecule has 0 spiro atoms. The molecule has 1 aromatic carbocycles. The first kappa shape index (κ1) is 11.1.